The minimum absolute atomic E-state index is 0. The number of thioether (sulfide) groups is 1. The number of hydrogen-bond donors (Lipinski definition) is 1. The third kappa shape index (κ3) is 4.42. The second-order valence-electron chi connectivity index (χ2n) is 6.74. The van der Waals surface area contributed by atoms with Gasteiger partial charge >= 0.3 is 0 Å². The second-order valence-corrected chi connectivity index (χ2v) is 8.26. The van der Waals surface area contributed by atoms with Crippen molar-refractivity contribution in [3.63, 3.8) is 0 Å². The van der Waals surface area contributed by atoms with Gasteiger partial charge in [0.2, 0.25) is 0 Å². The van der Waals surface area contributed by atoms with Gasteiger partial charge in [0.15, 0.2) is 5.96 Å². The van der Waals surface area contributed by atoms with Crippen molar-refractivity contribution in [2.24, 2.45) is 10.4 Å². The first-order chi connectivity index (χ1) is 9.00. The molecule has 0 unspecified atom stereocenters. The van der Waals surface area contributed by atoms with Gasteiger partial charge in [0.1, 0.15) is 0 Å². The Labute approximate surface area is 145 Å². The Balaban J connectivity index is 0.00000200. The number of hydrogen-bond acceptors (Lipinski definition) is 2. The fourth-order valence-electron chi connectivity index (χ4n) is 3.35. The standard InChI is InChI=1S/C15H29N3S.HI/c1-14(2,19-4)11-17-13(16-3)18-10-9-15(12-18)7-5-6-8-15;/h5-12H2,1-4H3,(H,16,17);1H. The Morgan fingerprint density at radius 3 is 2.50 bits per heavy atom. The van der Waals surface area contributed by atoms with E-state index in [1.54, 1.807) is 0 Å². The fourth-order valence-corrected chi connectivity index (χ4v) is 3.56. The second kappa shape index (κ2) is 7.56. The molecule has 1 saturated carbocycles. The molecule has 20 heavy (non-hydrogen) atoms. The van der Waals surface area contributed by atoms with Crippen molar-refractivity contribution in [3.05, 3.63) is 0 Å². The van der Waals surface area contributed by atoms with Crippen molar-refractivity contribution in [2.45, 2.75) is 50.7 Å². The maximum absolute atomic E-state index is 4.48. The molecule has 1 N–H and O–H groups in total. The van der Waals surface area contributed by atoms with Gasteiger partial charge in [-0.05, 0) is 44.8 Å². The minimum Gasteiger partial charge on any atom is -0.355 e. The summed E-state index contributed by atoms with van der Waals surface area (Å²) in [4.78, 5) is 6.96. The van der Waals surface area contributed by atoms with Crippen LogP contribution in [0.25, 0.3) is 0 Å². The average molecular weight is 411 g/mol. The monoisotopic (exact) mass is 411 g/mol. The van der Waals surface area contributed by atoms with Crippen LogP contribution in [0.5, 0.6) is 0 Å². The molecule has 2 aliphatic rings. The van der Waals surface area contributed by atoms with Crippen molar-refractivity contribution in [1.82, 2.24) is 10.2 Å². The van der Waals surface area contributed by atoms with Crippen LogP contribution in [0.3, 0.4) is 0 Å². The summed E-state index contributed by atoms with van der Waals surface area (Å²) in [5.74, 6) is 1.10. The molecule has 0 atom stereocenters. The maximum Gasteiger partial charge on any atom is 0.193 e. The van der Waals surface area contributed by atoms with E-state index in [1.807, 2.05) is 18.8 Å². The van der Waals surface area contributed by atoms with Crippen LogP contribution in [0.2, 0.25) is 0 Å². The molecule has 0 aromatic carbocycles. The average Bonchev–Trinajstić information content (AvgIpc) is 3.02. The molecule has 3 nitrogen and oxygen atoms in total. The molecule has 2 fully saturated rings. The first-order valence-corrected chi connectivity index (χ1v) is 8.74. The predicted octanol–water partition coefficient (Wildman–Crippen LogP) is 3.59. The molecule has 0 radical (unpaired) electrons. The van der Waals surface area contributed by atoms with E-state index in [4.69, 9.17) is 0 Å². The molecule has 1 aliphatic carbocycles. The zero-order valence-electron chi connectivity index (χ0n) is 13.4. The summed E-state index contributed by atoms with van der Waals surface area (Å²) in [6, 6.07) is 0. The van der Waals surface area contributed by atoms with Crippen LogP contribution >= 0.6 is 35.7 Å². The third-order valence-electron chi connectivity index (χ3n) is 4.84. The van der Waals surface area contributed by atoms with Crippen LogP contribution in [-0.2, 0) is 0 Å². The largest absolute Gasteiger partial charge is 0.355 e. The van der Waals surface area contributed by atoms with E-state index in [-0.39, 0.29) is 28.7 Å². The third-order valence-corrected chi connectivity index (χ3v) is 6.09. The zero-order chi connectivity index (χ0) is 13.9. The molecule has 0 aromatic heterocycles. The Bertz CT molecular complexity index is 338. The molecule has 1 aliphatic heterocycles. The van der Waals surface area contributed by atoms with E-state index in [9.17, 15) is 0 Å². The van der Waals surface area contributed by atoms with Crippen LogP contribution in [-0.4, -0.2) is 48.5 Å². The van der Waals surface area contributed by atoms with Gasteiger partial charge in [-0.15, -0.1) is 24.0 Å². The van der Waals surface area contributed by atoms with E-state index in [0.717, 1.165) is 12.5 Å². The Morgan fingerprint density at radius 1 is 1.30 bits per heavy atom. The van der Waals surface area contributed by atoms with Gasteiger partial charge in [-0.25, -0.2) is 0 Å². The number of nitrogens with one attached hydrogen (secondary N) is 1. The summed E-state index contributed by atoms with van der Waals surface area (Å²) in [6.45, 7) is 7.93. The maximum atomic E-state index is 4.48. The molecule has 2 rings (SSSR count). The number of nitrogens with zero attached hydrogens (tertiary/aromatic N) is 2. The molecule has 0 bridgehead atoms. The number of likely N-dealkylation sites (tertiary alicyclic amines) is 1. The van der Waals surface area contributed by atoms with Crippen LogP contribution in [0.15, 0.2) is 4.99 Å². The van der Waals surface area contributed by atoms with Gasteiger partial charge in [0.25, 0.3) is 0 Å². The van der Waals surface area contributed by atoms with Crippen LogP contribution in [0.4, 0.5) is 0 Å². The summed E-state index contributed by atoms with van der Waals surface area (Å²) in [7, 11) is 1.91. The number of guanidine groups is 1. The molecule has 1 spiro atoms. The smallest absolute Gasteiger partial charge is 0.193 e. The number of rotatable bonds is 3. The highest BCUT2D eigenvalue weighted by molar-refractivity contribution is 14.0. The molecule has 118 valence electrons. The molecule has 0 amide bonds. The lowest BCUT2D eigenvalue weighted by Gasteiger charge is -2.29. The lowest BCUT2D eigenvalue weighted by atomic mass is 9.86. The van der Waals surface area contributed by atoms with Crippen molar-refractivity contribution >= 4 is 41.7 Å². The van der Waals surface area contributed by atoms with Gasteiger partial charge in [-0.1, -0.05) is 12.8 Å². The lowest BCUT2D eigenvalue weighted by molar-refractivity contribution is 0.309. The fraction of sp³-hybridized carbons (Fsp3) is 0.933. The molecule has 1 heterocycles. The van der Waals surface area contributed by atoms with E-state index in [2.05, 4.69) is 35.3 Å². The van der Waals surface area contributed by atoms with E-state index >= 15 is 0 Å². The van der Waals surface area contributed by atoms with E-state index in [0.29, 0.717) is 5.41 Å². The minimum atomic E-state index is 0. The van der Waals surface area contributed by atoms with Gasteiger partial charge < -0.3 is 10.2 Å². The number of halogens is 1. The SMILES string of the molecule is CN=C(NCC(C)(C)SC)N1CCC2(CCCC2)C1.I. The van der Waals surface area contributed by atoms with Crippen molar-refractivity contribution in [1.29, 1.82) is 0 Å². The first-order valence-electron chi connectivity index (χ1n) is 7.51. The summed E-state index contributed by atoms with van der Waals surface area (Å²) in [6.07, 6.45) is 9.25. The number of aliphatic imine (C=N–C) groups is 1. The van der Waals surface area contributed by atoms with Gasteiger partial charge in [0.05, 0.1) is 0 Å². The Kier molecular flexibility index (Phi) is 6.96. The summed E-state index contributed by atoms with van der Waals surface area (Å²) in [5.41, 5.74) is 0.618. The van der Waals surface area contributed by atoms with E-state index < -0.39 is 0 Å². The highest BCUT2D eigenvalue weighted by Gasteiger charge is 2.41. The molecule has 0 aromatic rings. The lowest BCUT2D eigenvalue weighted by Crippen LogP contribution is -2.45. The topological polar surface area (TPSA) is 27.6 Å². The zero-order valence-corrected chi connectivity index (χ0v) is 16.5. The van der Waals surface area contributed by atoms with Crippen LogP contribution < -0.4 is 5.32 Å². The Hall–Kier alpha value is 0.350. The van der Waals surface area contributed by atoms with Gasteiger partial charge in [-0.2, -0.15) is 11.8 Å². The molecular formula is C15H30IN3S. The first kappa shape index (κ1) is 18.4. The molecule has 1 saturated heterocycles. The summed E-state index contributed by atoms with van der Waals surface area (Å²) >= 11 is 1.90. The molecular weight excluding hydrogens is 381 g/mol. The highest BCUT2D eigenvalue weighted by atomic mass is 127. The van der Waals surface area contributed by atoms with Crippen molar-refractivity contribution < 1.29 is 0 Å². The quantitative estimate of drug-likeness (QED) is 0.437. The van der Waals surface area contributed by atoms with Crippen molar-refractivity contribution in [3.8, 4) is 0 Å². The summed E-state index contributed by atoms with van der Waals surface area (Å²) < 4.78 is 0.265. The predicted molar refractivity (Wildman–Crippen MR) is 101 cm³/mol. The summed E-state index contributed by atoms with van der Waals surface area (Å²) in [5, 5.41) is 3.56. The molecule has 5 heteroatoms. The van der Waals surface area contributed by atoms with Gasteiger partial charge in [-0.3, -0.25) is 4.99 Å². The van der Waals surface area contributed by atoms with E-state index in [1.165, 1.54) is 45.2 Å². The van der Waals surface area contributed by atoms with Crippen molar-refractivity contribution in [2.75, 3.05) is 32.9 Å². The Morgan fingerprint density at radius 2 is 1.95 bits per heavy atom. The normalized spacial score (nSPS) is 22.2. The van der Waals surface area contributed by atoms with Crippen LogP contribution in [0, 0.1) is 5.41 Å². The van der Waals surface area contributed by atoms with Crippen LogP contribution in [0.1, 0.15) is 46.0 Å². The highest BCUT2D eigenvalue weighted by Crippen LogP contribution is 2.45. The van der Waals surface area contributed by atoms with Gasteiger partial charge in [0, 0.05) is 31.4 Å².